The number of amides is 1. The minimum Gasteiger partial charge on any atom is -0.353 e. The van der Waals surface area contributed by atoms with E-state index >= 15 is 0 Å². The average molecular weight is 256 g/mol. The fraction of sp³-hybridized carbons (Fsp3) is 0.500. The molecule has 1 aromatic rings. The van der Waals surface area contributed by atoms with Crippen molar-refractivity contribution in [1.82, 2.24) is 15.2 Å². The Hall–Kier alpha value is -1.13. The molecule has 1 heterocycles. The third-order valence-electron chi connectivity index (χ3n) is 2.14. The lowest BCUT2D eigenvalue weighted by Crippen LogP contribution is -2.38. The van der Waals surface area contributed by atoms with E-state index in [4.69, 9.17) is 11.6 Å². The zero-order valence-electron chi connectivity index (χ0n) is 10.4. The number of likely N-dealkylation sites (N-methyl/N-ethyl adjacent to an activating group) is 1. The summed E-state index contributed by atoms with van der Waals surface area (Å²) in [5.74, 6) is 0.0162. The fourth-order valence-corrected chi connectivity index (χ4v) is 1.68. The van der Waals surface area contributed by atoms with Gasteiger partial charge in [0.15, 0.2) is 0 Å². The number of hydrogen-bond acceptors (Lipinski definition) is 3. The molecule has 0 aliphatic rings. The predicted molar refractivity (Wildman–Crippen MR) is 68.9 cm³/mol. The maximum Gasteiger partial charge on any atom is 0.234 e. The molecule has 0 aliphatic carbocycles. The van der Waals surface area contributed by atoms with Crippen molar-refractivity contribution >= 4 is 17.5 Å². The summed E-state index contributed by atoms with van der Waals surface area (Å²) in [5, 5.41) is 3.33. The highest BCUT2D eigenvalue weighted by Crippen LogP contribution is 2.12. The highest BCUT2D eigenvalue weighted by atomic mass is 35.5. The van der Waals surface area contributed by atoms with Gasteiger partial charge in [0.1, 0.15) is 5.15 Å². The first-order chi connectivity index (χ1) is 7.99. The first-order valence-electron chi connectivity index (χ1n) is 5.56. The largest absolute Gasteiger partial charge is 0.353 e. The number of halogens is 1. The molecular weight excluding hydrogens is 238 g/mol. The molecule has 0 aromatic carbocycles. The monoisotopic (exact) mass is 255 g/mol. The van der Waals surface area contributed by atoms with E-state index in [1.165, 1.54) is 0 Å². The highest BCUT2D eigenvalue weighted by molar-refractivity contribution is 6.30. The Balaban J connectivity index is 2.47. The van der Waals surface area contributed by atoms with Gasteiger partial charge < -0.3 is 5.32 Å². The van der Waals surface area contributed by atoms with Crippen LogP contribution < -0.4 is 5.32 Å². The number of hydrogen-bond donors (Lipinski definition) is 1. The van der Waals surface area contributed by atoms with Crippen LogP contribution in [0, 0.1) is 0 Å². The normalized spacial score (nSPS) is 10.9. The number of rotatable bonds is 5. The third-order valence-corrected chi connectivity index (χ3v) is 2.48. The molecule has 4 nitrogen and oxygen atoms in total. The van der Waals surface area contributed by atoms with Crippen molar-refractivity contribution in [3.8, 4) is 0 Å². The number of aromatic nitrogens is 1. The maximum absolute atomic E-state index is 11.5. The van der Waals surface area contributed by atoms with Crippen LogP contribution >= 0.6 is 11.6 Å². The van der Waals surface area contributed by atoms with Crippen molar-refractivity contribution in [3.05, 3.63) is 29.0 Å². The van der Waals surface area contributed by atoms with Crippen molar-refractivity contribution in [1.29, 1.82) is 0 Å². The summed E-state index contributed by atoms with van der Waals surface area (Å²) in [6, 6.07) is 3.91. The van der Waals surface area contributed by atoms with Crippen LogP contribution in [0.15, 0.2) is 18.3 Å². The van der Waals surface area contributed by atoms with Crippen molar-refractivity contribution in [2.24, 2.45) is 0 Å². The Morgan fingerprint density at radius 3 is 2.88 bits per heavy atom. The van der Waals surface area contributed by atoms with Gasteiger partial charge in [0.2, 0.25) is 5.91 Å². The van der Waals surface area contributed by atoms with Gasteiger partial charge in [-0.1, -0.05) is 17.7 Å². The van der Waals surface area contributed by atoms with Crippen LogP contribution in [0.4, 0.5) is 0 Å². The topological polar surface area (TPSA) is 45.2 Å². The summed E-state index contributed by atoms with van der Waals surface area (Å²) >= 11 is 5.95. The molecule has 0 saturated carbocycles. The van der Waals surface area contributed by atoms with Crippen molar-refractivity contribution < 1.29 is 4.79 Å². The molecule has 17 heavy (non-hydrogen) atoms. The molecule has 5 heteroatoms. The smallest absolute Gasteiger partial charge is 0.234 e. The molecule has 0 radical (unpaired) electrons. The summed E-state index contributed by atoms with van der Waals surface area (Å²) in [7, 11) is 1.88. The van der Waals surface area contributed by atoms with Crippen LogP contribution in [0.3, 0.4) is 0 Å². The number of carbonyl (C=O) groups excluding carboxylic acids is 1. The molecule has 1 amide bonds. The standard InChI is InChI=1S/C12H18ClN3O/c1-9(2)15-11(17)8-16(3)7-10-5-4-6-14-12(10)13/h4-6,9H,7-8H2,1-3H3,(H,15,17). The van der Waals surface area contributed by atoms with E-state index in [0.717, 1.165) is 5.56 Å². The molecule has 0 saturated heterocycles. The summed E-state index contributed by atoms with van der Waals surface area (Å²) < 4.78 is 0. The Kier molecular flexibility index (Phi) is 5.38. The molecule has 1 N–H and O–H groups in total. The van der Waals surface area contributed by atoms with Gasteiger partial charge in [-0.15, -0.1) is 0 Å². The Labute approximate surface area is 107 Å². The molecule has 0 atom stereocenters. The second kappa shape index (κ2) is 6.57. The molecule has 0 unspecified atom stereocenters. The van der Waals surface area contributed by atoms with E-state index < -0.39 is 0 Å². The predicted octanol–water partition coefficient (Wildman–Crippen LogP) is 1.69. The van der Waals surface area contributed by atoms with Crippen LogP contribution in [0.1, 0.15) is 19.4 Å². The van der Waals surface area contributed by atoms with Crippen LogP contribution in [0.2, 0.25) is 5.15 Å². The van der Waals surface area contributed by atoms with Gasteiger partial charge in [0.25, 0.3) is 0 Å². The summed E-state index contributed by atoms with van der Waals surface area (Å²) in [4.78, 5) is 17.4. The van der Waals surface area contributed by atoms with Crippen LogP contribution in [0.5, 0.6) is 0 Å². The Morgan fingerprint density at radius 2 is 2.29 bits per heavy atom. The molecule has 94 valence electrons. The minimum absolute atomic E-state index is 0.0162. The van der Waals surface area contributed by atoms with E-state index in [1.54, 1.807) is 6.20 Å². The molecule has 1 aromatic heterocycles. The van der Waals surface area contributed by atoms with Crippen molar-refractivity contribution in [2.45, 2.75) is 26.4 Å². The van der Waals surface area contributed by atoms with Gasteiger partial charge in [-0.25, -0.2) is 4.98 Å². The number of nitrogens with zero attached hydrogens (tertiary/aromatic N) is 2. The van der Waals surface area contributed by atoms with E-state index in [1.807, 2.05) is 37.9 Å². The first kappa shape index (κ1) is 13.9. The van der Waals surface area contributed by atoms with Gasteiger partial charge in [-0.3, -0.25) is 9.69 Å². The van der Waals surface area contributed by atoms with Gasteiger partial charge in [-0.05, 0) is 27.0 Å². The summed E-state index contributed by atoms with van der Waals surface area (Å²) in [6.07, 6.45) is 1.65. The molecular formula is C12H18ClN3O. The van der Waals surface area contributed by atoms with E-state index in [-0.39, 0.29) is 11.9 Å². The molecule has 0 aliphatic heterocycles. The zero-order valence-corrected chi connectivity index (χ0v) is 11.2. The third kappa shape index (κ3) is 5.15. The SMILES string of the molecule is CC(C)NC(=O)CN(C)Cc1cccnc1Cl. The van der Waals surface area contributed by atoms with Crippen molar-refractivity contribution in [3.63, 3.8) is 0 Å². The maximum atomic E-state index is 11.5. The second-order valence-electron chi connectivity index (χ2n) is 4.35. The van der Waals surface area contributed by atoms with Gasteiger partial charge in [0.05, 0.1) is 6.54 Å². The Bertz CT molecular complexity index is 382. The van der Waals surface area contributed by atoms with E-state index in [9.17, 15) is 4.79 Å². The zero-order chi connectivity index (χ0) is 12.8. The lowest BCUT2D eigenvalue weighted by molar-refractivity contribution is -0.122. The number of pyridine rings is 1. The molecule has 0 bridgehead atoms. The quantitative estimate of drug-likeness (QED) is 0.815. The lowest BCUT2D eigenvalue weighted by Gasteiger charge is -2.17. The number of nitrogens with one attached hydrogen (secondary N) is 1. The Morgan fingerprint density at radius 1 is 1.59 bits per heavy atom. The van der Waals surface area contributed by atoms with Crippen molar-refractivity contribution in [2.75, 3.05) is 13.6 Å². The summed E-state index contributed by atoms with van der Waals surface area (Å²) in [6.45, 7) is 4.84. The second-order valence-corrected chi connectivity index (χ2v) is 4.71. The van der Waals surface area contributed by atoms with Crippen LogP contribution in [-0.2, 0) is 11.3 Å². The molecule has 0 spiro atoms. The first-order valence-corrected chi connectivity index (χ1v) is 5.94. The molecule has 1 rings (SSSR count). The number of carbonyl (C=O) groups is 1. The van der Waals surface area contributed by atoms with Gasteiger partial charge >= 0.3 is 0 Å². The van der Waals surface area contributed by atoms with Gasteiger partial charge in [0, 0.05) is 24.3 Å². The van der Waals surface area contributed by atoms with Crippen LogP contribution in [0.25, 0.3) is 0 Å². The fourth-order valence-electron chi connectivity index (χ4n) is 1.50. The minimum atomic E-state index is 0.0162. The van der Waals surface area contributed by atoms with Gasteiger partial charge in [-0.2, -0.15) is 0 Å². The van der Waals surface area contributed by atoms with E-state index in [0.29, 0.717) is 18.2 Å². The van der Waals surface area contributed by atoms with E-state index in [2.05, 4.69) is 10.3 Å². The summed E-state index contributed by atoms with van der Waals surface area (Å²) in [5.41, 5.74) is 0.925. The molecule has 0 fully saturated rings. The highest BCUT2D eigenvalue weighted by Gasteiger charge is 2.09. The average Bonchev–Trinajstić information content (AvgIpc) is 2.19. The lowest BCUT2D eigenvalue weighted by atomic mass is 10.2. The van der Waals surface area contributed by atoms with Crippen LogP contribution in [-0.4, -0.2) is 35.4 Å².